The van der Waals surface area contributed by atoms with Crippen LogP contribution < -0.4 is 5.32 Å². The number of ether oxygens (including phenoxy) is 1. The highest BCUT2D eigenvalue weighted by Crippen LogP contribution is 2.09. The number of carboxylic acids is 1. The molecule has 88 valence electrons. The summed E-state index contributed by atoms with van der Waals surface area (Å²) in [4.78, 5) is 22.0. The summed E-state index contributed by atoms with van der Waals surface area (Å²) in [5.74, 6) is -1.32. The van der Waals surface area contributed by atoms with Crippen molar-refractivity contribution in [1.82, 2.24) is 5.32 Å². The molecular formula is C9H17NO5. The van der Waals surface area contributed by atoms with Crippen LogP contribution in [0.4, 0.5) is 4.79 Å². The van der Waals surface area contributed by atoms with Gasteiger partial charge in [0.05, 0.1) is 6.61 Å². The third-order valence-corrected chi connectivity index (χ3v) is 1.57. The third-order valence-electron chi connectivity index (χ3n) is 1.57. The molecular weight excluding hydrogens is 202 g/mol. The van der Waals surface area contributed by atoms with Gasteiger partial charge in [-0.25, -0.2) is 9.59 Å². The smallest absolute Gasteiger partial charge is 0.408 e. The van der Waals surface area contributed by atoms with Gasteiger partial charge in [-0.05, 0) is 27.7 Å². The molecule has 0 saturated carbocycles. The van der Waals surface area contributed by atoms with E-state index in [2.05, 4.69) is 5.32 Å². The lowest BCUT2D eigenvalue weighted by atomic mass is 10.1. The Morgan fingerprint density at radius 3 is 2.00 bits per heavy atom. The van der Waals surface area contributed by atoms with E-state index in [9.17, 15) is 9.59 Å². The zero-order valence-electron chi connectivity index (χ0n) is 9.33. The Kier molecular flexibility index (Phi) is 4.09. The monoisotopic (exact) mass is 219 g/mol. The van der Waals surface area contributed by atoms with Gasteiger partial charge in [-0.2, -0.15) is 0 Å². The first-order valence-corrected chi connectivity index (χ1v) is 4.46. The van der Waals surface area contributed by atoms with Gasteiger partial charge >= 0.3 is 12.1 Å². The summed E-state index contributed by atoms with van der Waals surface area (Å²) in [5, 5.41) is 19.7. The second kappa shape index (κ2) is 4.48. The first-order valence-electron chi connectivity index (χ1n) is 4.46. The molecule has 0 radical (unpaired) electrons. The van der Waals surface area contributed by atoms with E-state index in [1.807, 2.05) is 0 Å². The lowest BCUT2D eigenvalue weighted by Gasteiger charge is -2.26. The Morgan fingerprint density at radius 1 is 1.27 bits per heavy atom. The van der Waals surface area contributed by atoms with Crippen molar-refractivity contribution in [1.29, 1.82) is 0 Å². The van der Waals surface area contributed by atoms with Crippen LogP contribution in [0.2, 0.25) is 0 Å². The largest absolute Gasteiger partial charge is 0.479 e. The number of hydrogen-bond acceptors (Lipinski definition) is 4. The highest BCUT2D eigenvalue weighted by molar-refractivity contribution is 5.84. The molecule has 15 heavy (non-hydrogen) atoms. The van der Waals surface area contributed by atoms with Crippen LogP contribution in [-0.2, 0) is 9.53 Å². The zero-order valence-corrected chi connectivity index (χ0v) is 9.33. The van der Waals surface area contributed by atoms with Crippen molar-refractivity contribution >= 4 is 12.1 Å². The number of carboxylic acid groups (broad SMARTS) is 1. The van der Waals surface area contributed by atoms with E-state index in [0.29, 0.717) is 0 Å². The molecule has 0 aliphatic heterocycles. The summed E-state index contributed by atoms with van der Waals surface area (Å²) in [6, 6.07) is 0. The Bertz CT molecular complexity index is 258. The zero-order chi connectivity index (χ0) is 12.3. The van der Waals surface area contributed by atoms with E-state index in [1.165, 1.54) is 6.92 Å². The van der Waals surface area contributed by atoms with Crippen LogP contribution in [0.1, 0.15) is 27.7 Å². The van der Waals surface area contributed by atoms with E-state index in [1.54, 1.807) is 20.8 Å². The molecule has 0 heterocycles. The van der Waals surface area contributed by atoms with E-state index < -0.39 is 29.8 Å². The molecule has 0 saturated heterocycles. The maximum atomic E-state index is 11.2. The molecule has 6 nitrogen and oxygen atoms in total. The van der Waals surface area contributed by atoms with Gasteiger partial charge in [-0.1, -0.05) is 0 Å². The van der Waals surface area contributed by atoms with Crippen molar-refractivity contribution in [3.63, 3.8) is 0 Å². The molecule has 0 spiro atoms. The highest BCUT2D eigenvalue weighted by Gasteiger charge is 2.35. The Hall–Kier alpha value is -1.30. The maximum absolute atomic E-state index is 11.2. The summed E-state index contributed by atoms with van der Waals surface area (Å²) in [7, 11) is 0. The second-order valence-electron chi connectivity index (χ2n) is 4.42. The molecule has 0 aromatic rings. The van der Waals surface area contributed by atoms with E-state index in [0.717, 1.165) is 0 Å². The molecule has 0 fully saturated rings. The molecule has 0 unspecified atom stereocenters. The van der Waals surface area contributed by atoms with Crippen LogP contribution in [0.25, 0.3) is 0 Å². The maximum Gasteiger partial charge on any atom is 0.408 e. The molecule has 0 aromatic heterocycles. The molecule has 6 heteroatoms. The van der Waals surface area contributed by atoms with Gasteiger partial charge in [0.1, 0.15) is 5.60 Å². The molecule has 3 N–H and O–H groups in total. The number of rotatable bonds is 3. The number of amides is 1. The fourth-order valence-corrected chi connectivity index (χ4v) is 0.689. The normalized spacial score (nSPS) is 15.3. The van der Waals surface area contributed by atoms with Crippen molar-refractivity contribution in [3.05, 3.63) is 0 Å². The van der Waals surface area contributed by atoms with Crippen molar-refractivity contribution in [2.45, 2.75) is 38.8 Å². The van der Waals surface area contributed by atoms with E-state index in [4.69, 9.17) is 14.9 Å². The van der Waals surface area contributed by atoms with Crippen molar-refractivity contribution < 1.29 is 24.5 Å². The Morgan fingerprint density at radius 2 is 1.73 bits per heavy atom. The third kappa shape index (κ3) is 4.64. The number of aliphatic hydroxyl groups excluding tert-OH is 1. The number of aliphatic carboxylic acids is 1. The average Bonchev–Trinajstić information content (AvgIpc) is 1.99. The SMILES string of the molecule is CC(C)(C)OC(=O)N[C@@](C)(CO)C(=O)O. The molecule has 1 amide bonds. The fourth-order valence-electron chi connectivity index (χ4n) is 0.689. The lowest BCUT2D eigenvalue weighted by molar-refractivity contribution is -0.145. The molecule has 0 bridgehead atoms. The number of carbonyl (C=O) groups excluding carboxylic acids is 1. The van der Waals surface area contributed by atoms with Gasteiger partial charge in [-0.15, -0.1) is 0 Å². The average molecular weight is 219 g/mol. The van der Waals surface area contributed by atoms with Crippen LogP contribution in [0.15, 0.2) is 0 Å². The van der Waals surface area contributed by atoms with Gasteiger partial charge in [-0.3, -0.25) is 0 Å². The molecule has 0 aromatic carbocycles. The minimum atomic E-state index is -1.72. The van der Waals surface area contributed by atoms with Crippen molar-refractivity contribution in [2.24, 2.45) is 0 Å². The first-order chi connectivity index (χ1) is 6.60. The van der Waals surface area contributed by atoms with Gasteiger partial charge in [0, 0.05) is 0 Å². The minimum Gasteiger partial charge on any atom is -0.479 e. The van der Waals surface area contributed by atoms with Crippen LogP contribution in [0, 0.1) is 0 Å². The fraction of sp³-hybridized carbons (Fsp3) is 0.778. The molecule has 0 aliphatic rings. The number of hydrogen-bond donors (Lipinski definition) is 3. The number of nitrogens with one attached hydrogen (secondary N) is 1. The summed E-state index contributed by atoms with van der Waals surface area (Å²) >= 11 is 0. The first kappa shape index (κ1) is 13.7. The van der Waals surface area contributed by atoms with Gasteiger partial charge in [0.2, 0.25) is 0 Å². The Labute approximate surface area is 88.2 Å². The predicted molar refractivity (Wildman–Crippen MR) is 52.5 cm³/mol. The molecule has 0 aliphatic carbocycles. The Balaban J connectivity index is 4.45. The molecule has 0 rings (SSSR count). The summed E-state index contributed by atoms with van der Waals surface area (Å²) in [6.45, 7) is 5.46. The molecule has 1 atom stereocenters. The number of alkyl carbamates (subject to hydrolysis) is 1. The summed E-state index contributed by atoms with van der Waals surface area (Å²) < 4.78 is 4.86. The van der Waals surface area contributed by atoms with Crippen LogP contribution in [0.3, 0.4) is 0 Å². The van der Waals surface area contributed by atoms with Crippen LogP contribution in [0.5, 0.6) is 0 Å². The van der Waals surface area contributed by atoms with Gasteiger partial charge < -0.3 is 20.3 Å². The lowest BCUT2D eigenvalue weighted by Crippen LogP contribution is -2.55. The van der Waals surface area contributed by atoms with E-state index in [-0.39, 0.29) is 0 Å². The van der Waals surface area contributed by atoms with Crippen LogP contribution >= 0.6 is 0 Å². The standard InChI is InChI=1S/C9H17NO5/c1-8(2,3)15-7(14)10-9(4,5-11)6(12)13/h11H,5H2,1-4H3,(H,10,14)(H,12,13)/t9-/m0/s1. The van der Waals surface area contributed by atoms with E-state index >= 15 is 0 Å². The van der Waals surface area contributed by atoms with Crippen molar-refractivity contribution in [2.75, 3.05) is 6.61 Å². The minimum absolute atomic E-state index is 0.707. The summed E-state index contributed by atoms with van der Waals surface area (Å²) in [5.41, 5.74) is -2.43. The second-order valence-corrected chi connectivity index (χ2v) is 4.42. The topological polar surface area (TPSA) is 95.9 Å². The predicted octanol–water partition coefficient (Wildman–Crippen LogP) is 0.347. The van der Waals surface area contributed by atoms with Crippen molar-refractivity contribution in [3.8, 4) is 0 Å². The quantitative estimate of drug-likeness (QED) is 0.636. The summed E-state index contributed by atoms with van der Waals surface area (Å²) in [6.07, 6.45) is -0.874. The number of carbonyl (C=O) groups is 2. The van der Waals surface area contributed by atoms with Crippen LogP contribution in [-0.4, -0.2) is 40.0 Å². The van der Waals surface area contributed by atoms with Gasteiger partial charge in [0.15, 0.2) is 5.54 Å². The highest BCUT2D eigenvalue weighted by atomic mass is 16.6. The number of aliphatic hydroxyl groups is 1. The van der Waals surface area contributed by atoms with Gasteiger partial charge in [0.25, 0.3) is 0 Å².